The molecule has 1 radical (unpaired) electrons. The van der Waals surface area contributed by atoms with Crippen molar-refractivity contribution in [2.24, 2.45) is 0 Å². The van der Waals surface area contributed by atoms with Crippen molar-refractivity contribution in [1.29, 1.82) is 0 Å². The van der Waals surface area contributed by atoms with Crippen LogP contribution in [0.2, 0.25) is 0 Å². The summed E-state index contributed by atoms with van der Waals surface area (Å²) in [5, 5.41) is 0. The van der Waals surface area contributed by atoms with Crippen molar-refractivity contribution in [3.05, 3.63) is 59.8 Å². The fourth-order valence-electron chi connectivity index (χ4n) is 1.08. The maximum absolute atomic E-state index is 3.02. The molecule has 0 heterocycles. The van der Waals surface area contributed by atoms with Gasteiger partial charge in [0.05, 0.1) is 0 Å². The van der Waals surface area contributed by atoms with Gasteiger partial charge in [0, 0.05) is 6.42 Å². The maximum atomic E-state index is 3.02. The van der Waals surface area contributed by atoms with Crippen LogP contribution in [-0.4, -0.2) is 0 Å². The van der Waals surface area contributed by atoms with Gasteiger partial charge in [0.25, 0.3) is 0 Å². The Bertz CT molecular complexity index is 292. The maximum Gasteiger partial charge on any atom is 0.0131 e. The Labute approximate surface area is 60.6 Å². The molecule has 47 valence electrons. The molecule has 0 saturated carbocycles. The molecule has 0 spiro atoms. The molecule has 0 atom stereocenters. The number of hydrogen-bond acceptors (Lipinski definition) is 0. The molecule has 0 fully saturated rings. The van der Waals surface area contributed by atoms with Crippen molar-refractivity contribution in [2.45, 2.75) is 0 Å². The lowest BCUT2D eigenvalue weighted by atomic mass is 10.1. The van der Waals surface area contributed by atoms with Gasteiger partial charge in [0.15, 0.2) is 0 Å². The smallest absolute Gasteiger partial charge is 0.0131 e. The third kappa shape index (κ3) is 0.792. The molecule has 0 N–H and O–H groups in total. The minimum Gasteiger partial charge on any atom is -0.121 e. The molecule has 0 amide bonds. The molecule has 0 aromatic heterocycles. The van der Waals surface area contributed by atoms with E-state index in [-0.39, 0.29) is 0 Å². The minimum atomic E-state index is 1.28. The largest absolute Gasteiger partial charge is 0.121 e. The molecule has 0 heteroatoms. The third-order valence-electron chi connectivity index (χ3n) is 1.60. The number of hydrogen-bond donors (Lipinski definition) is 0. The van der Waals surface area contributed by atoms with Crippen LogP contribution in [0, 0.1) is 6.42 Å². The van der Waals surface area contributed by atoms with Crippen LogP contribution in [0.3, 0.4) is 0 Å². The highest BCUT2D eigenvalue weighted by Gasteiger charge is 2.05. The first-order chi connectivity index (χ1) is 4.97. The monoisotopic (exact) mass is 127 g/mol. The topological polar surface area (TPSA) is 0 Å². The molecular weight excluding hydrogens is 120 g/mol. The predicted molar refractivity (Wildman–Crippen MR) is 42.3 cm³/mol. The number of allylic oxidation sites excluding steroid dienone is 7. The van der Waals surface area contributed by atoms with Gasteiger partial charge >= 0.3 is 0 Å². The molecule has 0 bridgehead atoms. The average molecular weight is 127 g/mol. The number of fused-ring (bicyclic) bond motifs is 1. The van der Waals surface area contributed by atoms with Crippen LogP contribution in [0.25, 0.3) is 0 Å². The van der Waals surface area contributed by atoms with E-state index in [9.17, 15) is 0 Å². The Balaban J connectivity index is 2.50. The molecule has 0 aliphatic heterocycles. The Morgan fingerprint density at radius 3 is 2.70 bits per heavy atom. The fourth-order valence-corrected chi connectivity index (χ4v) is 1.08. The first-order valence-corrected chi connectivity index (χ1v) is 3.32. The van der Waals surface area contributed by atoms with Gasteiger partial charge in [-0.05, 0) is 29.4 Å². The summed E-state index contributed by atoms with van der Waals surface area (Å²) in [6, 6.07) is 0. The van der Waals surface area contributed by atoms with Crippen LogP contribution >= 0.6 is 0 Å². The molecule has 2 aliphatic carbocycles. The van der Waals surface area contributed by atoms with Gasteiger partial charge in [-0.25, -0.2) is 0 Å². The lowest BCUT2D eigenvalue weighted by molar-refractivity contribution is 1.57. The van der Waals surface area contributed by atoms with Gasteiger partial charge < -0.3 is 0 Å². The van der Waals surface area contributed by atoms with Crippen molar-refractivity contribution in [3.63, 3.8) is 0 Å². The first-order valence-electron chi connectivity index (χ1n) is 3.32. The normalized spacial score (nSPS) is 20.0. The highest BCUT2D eigenvalue weighted by Crippen LogP contribution is 2.23. The lowest BCUT2D eigenvalue weighted by Gasteiger charge is -1.93. The molecule has 0 unspecified atom stereocenters. The van der Waals surface area contributed by atoms with Crippen LogP contribution < -0.4 is 0 Å². The van der Waals surface area contributed by atoms with Gasteiger partial charge in [-0.15, -0.1) is 5.73 Å². The van der Waals surface area contributed by atoms with Crippen LogP contribution in [0.1, 0.15) is 0 Å². The lowest BCUT2D eigenvalue weighted by Crippen LogP contribution is -1.76. The summed E-state index contributed by atoms with van der Waals surface area (Å²) in [5.41, 5.74) is 5.58. The summed E-state index contributed by atoms with van der Waals surface area (Å²) >= 11 is 0. The summed E-state index contributed by atoms with van der Waals surface area (Å²) < 4.78 is 0. The molecule has 10 heavy (non-hydrogen) atoms. The van der Waals surface area contributed by atoms with E-state index in [0.717, 1.165) is 0 Å². The minimum absolute atomic E-state index is 1.28. The van der Waals surface area contributed by atoms with Crippen LogP contribution in [0.4, 0.5) is 0 Å². The van der Waals surface area contributed by atoms with E-state index in [1.54, 1.807) is 0 Å². The summed E-state index contributed by atoms with van der Waals surface area (Å²) in [4.78, 5) is 0. The Kier molecular flexibility index (Phi) is 1.20. The molecule has 2 aliphatic rings. The summed E-state index contributed by atoms with van der Waals surface area (Å²) in [6.45, 7) is 0. The van der Waals surface area contributed by atoms with Gasteiger partial charge in [-0.3, -0.25) is 0 Å². The fraction of sp³-hybridized carbons (Fsp3) is 0. The molecule has 2 rings (SSSR count). The SMILES string of the molecule is C1=CC=C2[CH]C=CC2=CC=1. The van der Waals surface area contributed by atoms with Crippen molar-refractivity contribution in [1.82, 2.24) is 0 Å². The van der Waals surface area contributed by atoms with Crippen LogP contribution in [0.5, 0.6) is 0 Å². The number of rotatable bonds is 0. The van der Waals surface area contributed by atoms with E-state index < -0.39 is 0 Å². The van der Waals surface area contributed by atoms with Crippen molar-refractivity contribution in [3.8, 4) is 0 Å². The standard InChI is InChI=1S/C10H7/c1-2-5-9-7-4-8-10(9)6-3-1/h2-8H. The van der Waals surface area contributed by atoms with Crippen molar-refractivity contribution >= 4 is 0 Å². The molecule has 0 aromatic carbocycles. The van der Waals surface area contributed by atoms with Gasteiger partial charge in [-0.1, -0.05) is 18.2 Å². The second kappa shape index (κ2) is 2.17. The van der Waals surface area contributed by atoms with Crippen molar-refractivity contribution in [2.75, 3.05) is 0 Å². The van der Waals surface area contributed by atoms with Gasteiger partial charge in [0.1, 0.15) is 0 Å². The van der Waals surface area contributed by atoms with E-state index in [1.807, 2.05) is 12.2 Å². The summed E-state index contributed by atoms with van der Waals surface area (Å²) in [6.07, 6.45) is 14.3. The van der Waals surface area contributed by atoms with Crippen molar-refractivity contribution < 1.29 is 0 Å². The average Bonchev–Trinajstić information content (AvgIpc) is 2.28. The van der Waals surface area contributed by atoms with Gasteiger partial charge in [0.2, 0.25) is 0 Å². The first kappa shape index (κ1) is 5.52. The zero-order valence-electron chi connectivity index (χ0n) is 5.54. The van der Waals surface area contributed by atoms with E-state index in [4.69, 9.17) is 0 Å². The molecule has 0 nitrogen and oxygen atoms in total. The Morgan fingerprint density at radius 2 is 1.80 bits per heavy atom. The highest BCUT2D eigenvalue weighted by molar-refractivity contribution is 5.56. The second-order valence-electron chi connectivity index (χ2n) is 2.27. The Morgan fingerprint density at radius 1 is 1.00 bits per heavy atom. The van der Waals surface area contributed by atoms with E-state index in [0.29, 0.717) is 0 Å². The molecule has 0 aromatic rings. The molecular formula is C10H7. The quantitative estimate of drug-likeness (QED) is 0.438. The van der Waals surface area contributed by atoms with E-state index >= 15 is 0 Å². The van der Waals surface area contributed by atoms with Crippen LogP contribution in [0.15, 0.2) is 53.3 Å². The zero-order valence-corrected chi connectivity index (χ0v) is 5.54. The second-order valence-corrected chi connectivity index (χ2v) is 2.27. The van der Waals surface area contributed by atoms with Crippen LogP contribution in [-0.2, 0) is 0 Å². The summed E-state index contributed by atoms with van der Waals surface area (Å²) in [5.74, 6) is 0. The Hall–Kier alpha value is -1.26. The van der Waals surface area contributed by atoms with Gasteiger partial charge in [-0.2, -0.15) is 0 Å². The summed E-state index contributed by atoms with van der Waals surface area (Å²) in [7, 11) is 0. The predicted octanol–water partition coefficient (Wildman–Crippen LogP) is 2.34. The molecule has 0 saturated heterocycles. The third-order valence-corrected chi connectivity index (χ3v) is 1.60. The highest BCUT2D eigenvalue weighted by atomic mass is 14.1. The zero-order chi connectivity index (χ0) is 6.81. The van der Waals surface area contributed by atoms with E-state index in [1.165, 1.54) is 11.1 Å². The van der Waals surface area contributed by atoms with E-state index in [2.05, 4.69) is 36.5 Å².